The molecule has 0 aliphatic heterocycles. The van der Waals surface area contributed by atoms with Gasteiger partial charge in [-0.05, 0) is 0 Å². The van der Waals surface area contributed by atoms with E-state index in [4.69, 9.17) is 6.03 Å². The minimum absolute atomic E-state index is 0.905. The van der Waals surface area contributed by atoms with Gasteiger partial charge in [-0.3, -0.25) is 0 Å². The molecule has 0 rings (SSSR count). The molecule has 0 spiro atoms. The molecule has 0 N–H and O–H groups in total. The second-order valence-electron chi connectivity index (χ2n) is 2.81. The second kappa shape index (κ2) is 9.82. The molecular weight excluding hydrogens is 262 g/mol. The second-order valence-corrected chi connectivity index (χ2v) is 6.80. The fraction of sp³-hybridized carbons (Fsp3) is 1.00. The van der Waals surface area contributed by atoms with Crippen molar-refractivity contribution in [2.24, 2.45) is 0 Å². The topological polar surface area (TPSA) is 18.5 Å². The van der Waals surface area contributed by atoms with Crippen LogP contribution >= 0.6 is 0 Å². The van der Waals surface area contributed by atoms with E-state index in [1.165, 1.54) is 25.7 Å². The normalized spacial score (nSPS) is 11.0. The van der Waals surface area contributed by atoms with E-state index >= 15 is 0 Å². The van der Waals surface area contributed by atoms with E-state index < -0.39 is 21.1 Å². The number of unbranched alkanes of at least 4 members (excludes halogenated alkanes) is 2. The zero-order chi connectivity index (χ0) is 9.23. The summed E-state index contributed by atoms with van der Waals surface area (Å²) in [4.78, 5) is 2.15. The van der Waals surface area contributed by atoms with Crippen LogP contribution in [0, 0.1) is 0 Å². The monoisotopic (exact) mass is 282 g/mol. The molecular formula is C9H21O2Sb. The Hall–Kier alpha value is 0.738. The standard InChI is InChI=1S/2C4H9O.CH3.Sb/c2*1-2-3-4-5;;/h2*2-4H2,1H3;1H3;/q2*-1;;+2. The third-order valence-electron chi connectivity index (χ3n) is 1.54. The first kappa shape index (κ1) is 12.7. The predicted octanol–water partition coefficient (Wildman–Crippen LogP) is 2.74. The minimum atomic E-state index is -1.66. The van der Waals surface area contributed by atoms with Gasteiger partial charge in [0.05, 0.1) is 0 Å². The molecule has 2 nitrogen and oxygen atoms in total. The maximum absolute atomic E-state index is 5.59. The van der Waals surface area contributed by atoms with Crippen LogP contribution in [-0.4, -0.2) is 34.3 Å². The van der Waals surface area contributed by atoms with E-state index in [2.05, 4.69) is 18.7 Å². The van der Waals surface area contributed by atoms with E-state index in [0.29, 0.717) is 0 Å². The molecule has 0 amide bonds. The van der Waals surface area contributed by atoms with Crippen molar-refractivity contribution in [2.75, 3.05) is 13.2 Å². The Balaban J connectivity index is 3.04. The molecule has 0 aliphatic carbocycles. The molecule has 0 saturated carbocycles. The van der Waals surface area contributed by atoms with Gasteiger partial charge in [0, 0.05) is 0 Å². The van der Waals surface area contributed by atoms with Crippen LogP contribution in [0.15, 0.2) is 0 Å². The molecule has 0 atom stereocenters. The summed E-state index contributed by atoms with van der Waals surface area (Å²) in [7, 11) is 0. The molecule has 0 aromatic carbocycles. The van der Waals surface area contributed by atoms with Crippen molar-refractivity contribution in [3.63, 3.8) is 0 Å². The van der Waals surface area contributed by atoms with Crippen molar-refractivity contribution in [1.82, 2.24) is 0 Å². The van der Waals surface area contributed by atoms with Crippen LogP contribution in [-0.2, 0) is 6.03 Å². The summed E-state index contributed by atoms with van der Waals surface area (Å²) < 4.78 is 11.2. The predicted molar refractivity (Wildman–Crippen MR) is 53.3 cm³/mol. The average molecular weight is 283 g/mol. The Bertz CT molecular complexity index is 78.6. The van der Waals surface area contributed by atoms with Gasteiger partial charge < -0.3 is 0 Å². The Morgan fingerprint density at radius 2 is 1.33 bits per heavy atom. The molecule has 74 valence electrons. The summed E-state index contributed by atoms with van der Waals surface area (Å²) >= 11 is -1.66. The molecule has 0 fully saturated rings. The molecule has 0 aliphatic rings. The van der Waals surface area contributed by atoms with E-state index in [-0.39, 0.29) is 0 Å². The van der Waals surface area contributed by atoms with Gasteiger partial charge >= 0.3 is 84.7 Å². The van der Waals surface area contributed by atoms with Crippen LogP contribution in [0.25, 0.3) is 0 Å². The Labute approximate surface area is 84.7 Å². The van der Waals surface area contributed by atoms with E-state index in [9.17, 15) is 0 Å². The van der Waals surface area contributed by atoms with Crippen LogP contribution in [0.5, 0.6) is 0 Å². The van der Waals surface area contributed by atoms with Crippen molar-refractivity contribution in [1.29, 1.82) is 0 Å². The van der Waals surface area contributed by atoms with Gasteiger partial charge in [-0.15, -0.1) is 0 Å². The molecule has 3 heteroatoms. The molecule has 0 aromatic rings. The fourth-order valence-electron chi connectivity index (χ4n) is 0.712. The SMILES string of the molecule is CCCC[O][Sb]([CH3])[O]CCCC. The van der Waals surface area contributed by atoms with Gasteiger partial charge in [-0.25, -0.2) is 0 Å². The van der Waals surface area contributed by atoms with E-state index in [0.717, 1.165) is 13.2 Å². The molecule has 0 aromatic heterocycles. The van der Waals surface area contributed by atoms with Crippen LogP contribution in [0.4, 0.5) is 0 Å². The quantitative estimate of drug-likeness (QED) is 0.503. The molecule has 0 radical (unpaired) electrons. The molecule has 0 saturated heterocycles. The number of hydrogen-bond acceptors (Lipinski definition) is 2. The third-order valence-corrected chi connectivity index (χ3v) is 4.66. The van der Waals surface area contributed by atoms with Crippen LogP contribution in [0.2, 0.25) is 4.87 Å². The molecule has 0 unspecified atom stereocenters. The van der Waals surface area contributed by atoms with Gasteiger partial charge in [0.15, 0.2) is 0 Å². The summed E-state index contributed by atoms with van der Waals surface area (Å²) in [6, 6.07) is 0. The zero-order valence-corrected chi connectivity index (χ0v) is 11.1. The van der Waals surface area contributed by atoms with Crippen molar-refractivity contribution in [3.05, 3.63) is 0 Å². The summed E-state index contributed by atoms with van der Waals surface area (Å²) in [5.74, 6) is 0. The van der Waals surface area contributed by atoms with Crippen LogP contribution < -0.4 is 0 Å². The third kappa shape index (κ3) is 8.83. The van der Waals surface area contributed by atoms with Crippen molar-refractivity contribution < 1.29 is 6.03 Å². The average Bonchev–Trinajstić information content (AvgIpc) is 2.06. The summed E-state index contributed by atoms with van der Waals surface area (Å²) in [6.45, 7) is 6.17. The first-order valence-electron chi connectivity index (χ1n) is 4.80. The van der Waals surface area contributed by atoms with E-state index in [1.807, 2.05) is 0 Å². The Morgan fingerprint density at radius 3 is 1.67 bits per heavy atom. The summed E-state index contributed by atoms with van der Waals surface area (Å²) in [5, 5.41) is 0. The van der Waals surface area contributed by atoms with Crippen molar-refractivity contribution in [3.8, 4) is 0 Å². The Kier molecular flexibility index (Phi) is 10.4. The molecule has 0 heterocycles. The van der Waals surface area contributed by atoms with Gasteiger partial charge in [-0.2, -0.15) is 0 Å². The fourth-order valence-corrected chi connectivity index (χ4v) is 3.13. The van der Waals surface area contributed by atoms with Gasteiger partial charge in [-0.1, -0.05) is 0 Å². The van der Waals surface area contributed by atoms with Crippen LogP contribution in [0.1, 0.15) is 39.5 Å². The maximum atomic E-state index is 5.59. The molecule has 12 heavy (non-hydrogen) atoms. The van der Waals surface area contributed by atoms with Gasteiger partial charge in [0.2, 0.25) is 0 Å². The molecule has 0 bridgehead atoms. The summed E-state index contributed by atoms with van der Waals surface area (Å²) in [5.41, 5.74) is 0. The van der Waals surface area contributed by atoms with Gasteiger partial charge in [0.25, 0.3) is 0 Å². The first-order chi connectivity index (χ1) is 5.81. The first-order valence-corrected chi connectivity index (χ1v) is 9.44. The summed E-state index contributed by atoms with van der Waals surface area (Å²) in [6.07, 6.45) is 4.77. The van der Waals surface area contributed by atoms with E-state index in [1.54, 1.807) is 0 Å². The Morgan fingerprint density at radius 1 is 0.917 bits per heavy atom. The number of rotatable bonds is 8. The van der Waals surface area contributed by atoms with Crippen molar-refractivity contribution >= 4 is 21.1 Å². The zero-order valence-electron chi connectivity index (χ0n) is 8.51. The van der Waals surface area contributed by atoms with Crippen molar-refractivity contribution in [2.45, 2.75) is 44.4 Å². The number of hydrogen-bond donors (Lipinski definition) is 0. The van der Waals surface area contributed by atoms with Crippen LogP contribution in [0.3, 0.4) is 0 Å². The van der Waals surface area contributed by atoms with Gasteiger partial charge in [0.1, 0.15) is 0 Å².